The Morgan fingerprint density at radius 1 is 1.33 bits per heavy atom. The van der Waals surface area contributed by atoms with Crippen LogP contribution in [0.3, 0.4) is 0 Å². The number of hydrogen-bond acceptors (Lipinski definition) is 6. The largest absolute Gasteiger partial charge is 0.453 e. The Morgan fingerprint density at radius 3 is 2.67 bits per heavy atom. The Kier molecular flexibility index (Phi) is 4.49. The van der Waals surface area contributed by atoms with Crippen LogP contribution in [-0.4, -0.2) is 34.0 Å². The molecule has 1 N–H and O–H groups in total. The van der Waals surface area contributed by atoms with Gasteiger partial charge in [-0.25, -0.2) is 13.1 Å². The van der Waals surface area contributed by atoms with Gasteiger partial charge in [0.2, 0.25) is 15.0 Å². The molecule has 0 radical (unpaired) electrons. The summed E-state index contributed by atoms with van der Waals surface area (Å²) in [5, 5.41) is 10.3. The highest BCUT2D eigenvalue weighted by Crippen LogP contribution is 2.28. The molecule has 21 heavy (non-hydrogen) atoms. The monoisotopic (exact) mass is 343 g/mol. The molecule has 0 aliphatic heterocycles. The van der Waals surface area contributed by atoms with Crippen LogP contribution in [0.25, 0.3) is 4.96 Å². The molecule has 2 aromatic heterocycles. The van der Waals surface area contributed by atoms with Gasteiger partial charge < -0.3 is 0 Å². The van der Waals surface area contributed by atoms with Crippen LogP contribution in [0.15, 0.2) is 0 Å². The zero-order valence-corrected chi connectivity index (χ0v) is 12.5. The Bertz CT molecular complexity index is 721. The van der Waals surface area contributed by atoms with E-state index in [4.69, 9.17) is 0 Å². The maximum atomic E-state index is 12.6. The molecule has 0 bridgehead atoms. The van der Waals surface area contributed by atoms with Crippen LogP contribution in [0.2, 0.25) is 0 Å². The van der Waals surface area contributed by atoms with E-state index in [0.29, 0.717) is 10.9 Å². The summed E-state index contributed by atoms with van der Waals surface area (Å²) in [6.07, 6.45) is -3.42. The predicted molar refractivity (Wildman–Crippen MR) is 69.2 cm³/mol. The third-order valence-corrected chi connectivity index (χ3v) is 4.81. The van der Waals surface area contributed by atoms with E-state index in [-0.39, 0.29) is 22.3 Å². The number of alkyl halides is 3. The van der Waals surface area contributed by atoms with E-state index < -0.39 is 22.0 Å². The van der Waals surface area contributed by atoms with E-state index in [1.54, 1.807) is 0 Å². The summed E-state index contributed by atoms with van der Waals surface area (Å²) in [6, 6.07) is 0. The van der Waals surface area contributed by atoms with Crippen molar-refractivity contribution in [3.8, 4) is 0 Å². The molecule has 2 rings (SSSR count). The van der Waals surface area contributed by atoms with Gasteiger partial charge in [-0.3, -0.25) is 0 Å². The van der Waals surface area contributed by atoms with E-state index in [1.165, 1.54) is 0 Å². The average molecular weight is 343 g/mol. The van der Waals surface area contributed by atoms with E-state index in [1.807, 2.05) is 6.92 Å². The molecule has 0 spiro atoms. The molecule has 2 heterocycles. The second-order valence-corrected chi connectivity index (χ2v) is 7.17. The number of unbranched alkanes of at least 4 members (excludes halogenated alkanes) is 1. The van der Waals surface area contributed by atoms with Gasteiger partial charge in [0.05, 0.1) is 12.3 Å². The first kappa shape index (κ1) is 16.1. The molecular weight excluding hydrogens is 331 g/mol. The van der Waals surface area contributed by atoms with Crippen molar-refractivity contribution in [3.05, 3.63) is 10.8 Å². The quantitative estimate of drug-likeness (QED) is 0.857. The van der Waals surface area contributed by atoms with Crippen LogP contribution in [0.1, 0.15) is 30.6 Å². The highest BCUT2D eigenvalue weighted by atomic mass is 32.2. The van der Waals surface area contributed by atoms with Crippen LogP contribution in [0.5, 0.6) is 0 Å². The number of rotatable bonds is 6. The second-order valence-electron chi connectivity index (χ2n) is 4.21. The van der Waals surface area contributed by atoms with Gasteiger partial charge >= 0.3 is 6.18 Å². The van der Waals surface area contributed by atoms with E-state index in [2.05, 4.69) is 20.0 Å². The predicted octanol–water partition coefficient (Wildman–Crippen LogP) is 1.42. The fraction of sp³-hybridized carbons (Fsp3) is 0.667. The Hall–Kier alpha value is -1.27. The van der Waals surface area contributed by atoms with Gasteiger partial charge in [0.1, 0.15) is 5.01 Å². The molecule has 118 valence electrons. The van der Waals surface area contributed by atoms with Gasteiger partial charge in [0.15, 0.2) is 0 Å². The molecule has 0 aliphatic carbocycles. The Morgan fingerprint density at radius 2 is 2.05 bits per heavy atom. The first-order valence-electron chi connectivity index (χ1n) is 5.98. The van der Waals surface area contributed by atoms with Crippen molar-refractivity contribution in [3.63, 3.8) is 0 Å². The zero-order valence-electron chi connectivity index (χ0n) is 10.9. The van der Waals surface area contributed by atoms with Gasteiger partial charge in [0.25, 0.3) is 5.82 Å². The third kappa shape index (κ3) is 3.89. The van der Waals surface area contributed by atoms with Crippen molar-refractivity contribution in [2.75, 3.05) is 5.75 Å². The normalized spacial score (nSPS) is 13.1. The highest BCUT2D eigenvalue weighted by molar-refractivity contribution is 7.89. The lowest BCUT2D eigenvalue weighted by atomic mass is 10.4. The summed E-state index contributed by atoms with van der Waals surface area (Å²) >= 11 is 0.850. The first-order chi connectivity index (χ1) is 9.73. The van der Waals surface area contributed by atoms with Crippen LogP contribution < -0.4 is 4.72 Å². The topological polar surface area (TPSA) is 89.2 Å². The Labute approximate surface area is 122 Å². The number of hydrogen-bond donors (Lipinski definition) is 1. The number of sulfonamides is 1. The van der Waals surface area contributed by atoms with Crippen molar-refractivity contribution >= 4 is 26.3 Å². The summed E-state index contributed by atoms with van der Waals surface area (Å²) in [5.74, 6) is -1.25. The summed E-state index contributed by atoms with van der Waals surface area (Å²) < 4.78 is 63.9. The Balaban J connectivity index is 2.12. The SMILES string of the molecule is CCCCS(=O)(=O)NCc1nn2c(C(F)(F)F)nnc2s1. The van der Waals surface area contributed by atoms with Crippen molar-refractivity contribution < 1.29 is 21.6 Å². The fourth-order valence-corrected chi connectivity index (χ4v) is 3.52. The maximum Gasteiger partial charge on any atom is 0.453 e. The fourth-order valence-electron chi connectivity index (χ4n) is 1.48. The number of nitrogens with zero attached hydrogens (tertiary/aromatic N) is 4. The van der Waals surface area contributed by atoms with Crippen LogP contribution >= 0.6 is 11.3 Å². The molecule has 12 heteroatoms. The number of nitrogens with one attached hydrogen (secondary N) is 1. The number of halogens is 3. The molecule has 0 fully saturated rings. The summed E-state index contributed by atoms with van der Waals surface area (Å²) in [7, 11) is -3.45. The van der Waals surface area contributed by atoms with Crippen molar-refractivity contribution in [2.24, 2.45) is 0 Å². The standard InChI is InChI=1S/C9H12F3N5O2S2/c1-2-3-4-21(18,19)13-5-6-16-17-7(9(10,11)12)14-15-8(17)20-6/h13H,2-5H2,1H3. The minimum absolute atomic E-state index is 0.0264. The average Bonchev–Trinajstić information content (AvgIpc) is 2.92. The number of fused-ring (bicyclic) bond motifs is 1. The van der Waals surface area contributed by atoms with Crippen LogP contribution in [-0.2, 0) is 22.7 Å². The van der Waals surface area contributed by atoms with E-state index >= 15 is 0 Å². The first-order valence-corrected chi connectivity index (χ1v) is 8.45. The molecule has 0 atom stereocenters. The molecule has 0 aliphatic rings. The third-order valence-electron chi connectivity index (χ3n) is 2.50. The van der Waals surface area contributed by atoms with E-state index in [0.717, 1.165) is 17.8 Å². The molecule has 0 amide bonds. The number of aromatic nitrogens is 4. The highest BCUT2D eigenvalue weighted by Gasteiger charge is 2.38. The van der Waals surface area contributed by atoms with Gasteiger partial charge in [0, 0.05) is 0 Å². The lowest BCUT2D eigenvalue weighted by Crippen LogP contribution is -2.26. The van der Waals surface area contributed by atoms with Crippen LogP contribution in [0, 0.1) is 0 Å². The molecule has 2 aromatic rings. The summed E-state index contributed by atoms with van der Waals surface area (Å²) in [6.45, 7) is 1.69. The molecule has 0 aromatic carbocycles. The van der Waals surface area contributed by atoms with Crippen molar-refractivity contribution in [1.82, 2.24) is 24.5 Å². The molecule has 7 nitrogen and oxygen atoms in total. The van der Waals surface area contributed by atoms with E-state index in [9.17, 15) is 21.6 Å². The summed E-state index contributed by atoms with van der Waals surface area (Å²) in [4.78, 5) is -0.0370. The lowest BCUT2D eigenvalue weighted by molar-refractivity contribution is -0.146. The molecule has 0 unspecified atom stereocenters. The lowest BCUT2D eigenvalue weighted by Gasteiger charge is -2.03. The van der Waals surface area contributed by atoms with Gasteiger partial charge in [-0.15, -0.1) is 10.2 Å². The molecule has 0 saturated carbocycles. The smallest absolute Gasteiger partial charge is 0.212 e. The molecule has 0 saturated heterocycles. The van der Waals surface area contributed by atoms with Crippen molar-refractivity contribution in [2.45, 2.75) is 32.5 Å². The van der Waals surface area contributed by atoms with Crippen molar-refractivity contribution in [1.29, 1.82) is 0 Å². The van der Waals surface area contributed by atoms with Crippen LogP contribution in [0.4, 0.5) is 13.2 Å². The minimum Gasteiger partial charge on any atom is -0.212 e. The maximum absolute atomic E-state index is 12.6. The van der Waals surface area contributed by atoms with Gasteiger partial charge in [-0.1, -0.05) is 24.7 Å². The van der Waals surface area contributed by atoms with Gasteiger partial charge in [-0.05, 0) is 6.42 Å². The second kappa shape index (κ2) is 5.85. The molecular formula is C9H12F3N5O2S2. The summed E-state index contributed by atoms with van der Waals surface area (Å²) in [5.41, 5.74) is 0. The minimum atomic E-state index is -4.66. The van der Waals surface area contributed by atoms with Gasteiger partial charge in [-0.2, -0.15) is 22.8 Å². The zero-order chi connectivity index (χ0) is 15.7.